The molecule has 0 bridgehead atoms. The summed E-state index contributed by atoms with van der Waals surface area (Å²) in [6.45, 7) is 8.10. The Balaban J connectivity index is 1.59. The number of benzene rings is 2. The molecule has 5 rings (SSSR count). The number of fused-ring (bicyclic) bond motifs is 2. The molecule has 0 aliphatic carbocycles. The number of para-hydroxylation sites is 1. The summed E-state index contributed by atoms with van der Waals surface area (Å²) in [4.78, 5) is 59.4. The van der Waals surface area contributed by atoms with Crippen LogP contribution in [0.25, 0.3) is 0 Å². The van der Waals surface area contributed by atoms with Crippen LogP contribution in [-0.2, 0) is 24.7 Å². The molecule has 2 aromatic rings. The minimum absolute atomic E-state index is 0.204. The Morgan fingerprint density at radius 1 is 1.06 bits per heavy atom. The van der Waals surface area contributed by atoms with Gasteiger partial charge in [0.2, 0.25) is 5.78 Å². The average molecular weight is 489 g/mol. The van der Waals surface area contributed by atoms with E-state index in [9.17, 15) is 19.2 Å². The number of likely N-dealkylation sites (tertiary alicyclic amines) is 1. The van der Waals surface area contributed by atoms with E-state index >= 15 is 0 Å². The monoisotopic (exact) mass is 488 g/mol. The first kappa shape index (κ1) is 24.1. The highest BCUT2D eigenvalue weighted by molar-refractivity contribution is 6.46. The van der Waals surface area contributed by atoms with Crippen LogP contribution >= 0.6 is 0 Å². The largest absolute Gasteiger partial charge is 0.370 e. The van der Waals surface area contributed by atoms with Gasteiger partial charge in [-0.2, -0.15) is 0 Å². The number of carbonyl (C=O) groups excluding carboxylic acids is 4. The van der Waals surface area contributed by atoms with Crippen LogP contribution in [0, 0.1) is 5.92 Å². The van der Waals surface area contributed by atoms with E-state index in [4.69, 9.17) is 4.74 Å². The van der Waals surface area contributed by atoms with Gasteiger partial charge in [0.05, 0.1) is 25.4 Å². The fourth-order valence-electron chi connectivity index (χ4n) is 5.83. The molecule has 0 saturated carbocycles. The van der Waals surface area contributed by atoms with Crippen molar-refractivity contribution in [2.24, 2.45) is 5.92 Å². The number of nitrogens with zero attached hydrogens (tertiary/aromatic N) is 2. The van der Waals surface area contributed by atoms with Crippen molar-refractivity contribution >= 4 is 29.1 Å². The van der Waals surface area contributed by atoms with Crippen LogP contribution in [0.5, 0.6) is 0 Å². The van der Waals surface area contributed by atoms with Gasteiger partial charge in [-0.15, -0.1) is 6.58 Å². The molecule has 3 heterocycles. The van der Waals surface area contributed by atoms with Crippen LogP contribution in [0.15, 0.2) is 67.3 Å². The number of nitrogens with one attached hydrogen (secondary N) is 1. The first-order valence-electron chi connectivity index (χ1n) is 12.4. The molecule has 2 aromatic carbocycles. The second-order valence-electron chi connectivity index (χ2n) is 9.44. The Hall–Kier alpha value is -3.62. The standard InChI is InChI=1S/C28H29N3O5/c1-2-13-30-22-12-7-6-11-21(22)28(27(30)35)23(24(32)20-9-4-3-5-10-20)25(33)26(34)31(28)15-8-14-29-16-18-36-19-17-29/h2-7,9-12,23H,1,8,13-19H2/p+1. The minimum atomic E-state index is -1.71. The van der Waals surface area contributed by atoms with Gasteiger partial charge in [-0.3, -0.25) is 19.2 Å². The number of hydrogen-bond acceptors (Lipinski definition) is 5. The normalized spacial score (nSPS) is 24.0. The number of morpholine rings is 1. The average Bonchev–Trinajstić information content (AvgIpc) is 3.29. The van der Waals surface area contributed by atoms with Crippen molar-refractivity contribution < 1.29 is 28.8 Å². The Bertz CT molecular complexity index is 1210. The topological polar surface area (TPSA) is 88.4 Å². The van der Waals surface area contributed by atoms with Gasteiger partial charge >= 0.3 is 0 Å². The number of rotatable bonds is 8. The fourth-order valence-corrected chi connectivity index (χ4v) is 5.83. The van der Waals surface area contributed by atoms with E-state index in [-0.39, 0.29) is 13.1 Å². The summed E-state index contributed by atoms with van der Waals surface area (Å²) in [7, 11) is 0. The zero-order chi connectivity index (χ0) is 25.3. The zero-order valence-corrected chi connectivity index (χ0v) is 20.2. The molecule has 36 heavy (non-hydrogen) atoms. The van der Waals surface area contributed by atoms with E-state index in [1.165, 1.54) is 14.7 Å². The number of carbonyl (C=O) groups is 4. The SMILES string of the molecule is C=CCN1C(=O)C2(c3ccccc31)C(C(=O)c1ccccc1)C(=O)C(=O)N2CCC[NH+]1CCOCC1. The van der Waals surface area contributed by atoms with Gasteiger partial charge in [-0.1, -0.05) is 54.6 Å². The Kier molecular flexibility index (Phi) is 6.55. The highest BCUT2D eigenvalue weighted by atomic mass is 16.5. The summed E-state index contributed by atoms with van der Waals surface area (Å²) < 4.78 is 5.43. The number of ether oxygens (including phenoxy) is 1. The van der Waals surface area contributed by atoms with E-state index < -0.39 is 34.8 Å². The van der Waals surface area contributed by atoms with Gasteiger partial charge in [0, 0.05) is 30.6 Å². The third kappa shape index (κ3) is 3.68. The summed E-state index contributed by atoms with van der Waals surface area (Å²) >= 11 is 0. The van der Waals surface area contributed by atoms with Crippen LogP contribution in [0.2, 0.25) is 0 Å². The van der Waals surface area contributed by atoms with Crippen molar-refractivity contribution in [3.8, 4) is 0 Å². The summed E-state index contributed by atoms with van der Waals surface area (Å²) in [5, 5.41) is 0. The Morgan fingerprint density at radius 3 is 2.47 bits per heavy atom. The van der Waals surface area contributed by atoms with Crippen LogP contribution in [0.3, 0.4) is 0 Å². The number of anilines is 1. The quantitative estimate of drug-likeness (QED) is 0.255. The first-order chi connectivity index (χ1) is 17.5. The van der Waals surface area contributed by atoms with E-state index in [0.29, 0.717) is 36.4 Å². The second kappa shape index (κ2) is 9.79. The lowest BCUT2D eigenvalue weighted by Crippen LogP contribution is -3.14. The van der Waals surface area contributed by atoms with Crippen molar-refractivity contribution in [1.82, 2.24) is 4.90 Å². The van der Waals surface area contributed by atoms with E-state index in [1.54, 1.807) is 60.7 Å². The number of hydrogen-bond donors (Lipinski definition) is 1. The molecule has 2 unspecified atom stereocenters. The van der Waals surface area contributed by atoms with Crippen LogP contribution in [0.4, 0.5) is 5.69 Å². The number of amides is 2. The molecule has 2 amide bonds. The summed E-state index contributed by atoms with van der Waals surface area (Å²) in [5.41, 5.74) is -0.292. The predicted molar refractivity (Wildman–Crippen MR) is 133 cm³/mol. The molecule has 3 aliphatic rings. The van der Waals surface area contributed by atoms with Crippen molar-refractivity contribution in [3.63, 3.8) is 0 Å². The lowest BCUT2D eigenvalue weighted by atomic mass is 9.75. The van der Waals surface area contributed by atoms with Gasteiger partial charge in [0.25, 0.3) is 11.8 Å². The van der Waals surface area contributed by atoms with Crippen molar-refractivity contribution in [2.75, 3.05) is 50.8 Å². The van der Waals surface area contributed by atoms with E-state index in [0.717, 1.165) is 19.6 Å². The molecular formula is C28H30N3O5+. The van der Waals surface area contributed by atoms with E-state index in [1.807, 2.05) is 0 Å². The molecule has 0 aromatic heterocycles. The van der Waals surface area contributed by atoms with Gasteiger partial charge in [-0.25, -0.2) is 0 Å². The Labute approximate surface area is 210 Å². The summed E-state index contributed by atoms with van der Waals surface area (Å²) in [5.74, 6) is -4.00. The second-order valence-corrected chi connectivity index (χ2v) is 9.44. The molecule has 2 fully saturated rings. The predicted octanol–water partition coefficient (Wildman–Crippen LogP) is 0.630. The molecule has 2 saturated heterocycles. The maximum Gasteiger partial charge on any atom is 0.292 e. The van der Waals surface area contributed by atoms with Crippen molar-refractivity contribution in [2.45, 2.75) is 12.0 Å². The number of Topliss-reactive ketones (excluding diaryl/α,β-unsaturated/α-hetero) is 2. The highest BCUT2D eigenvalue weighted by Crippen LogP contribution is 2.53. The summed E-state index contributed by atoms with van der Waals surface area (Å²) in [6.07, 6.45) is 2.20. The van der Waals surface area contributed by atoms with Gasteiger partial charge < -0.3 is 19.4 Å². The Morgan fingerprint density at radius 2 is 1.75 bits per heavy atom. The number of quaternary nitrogens is 1. The molecule has 8 heteroatoms. The highest BCUT2D eigenvalue weighted by Gasteiger charge is 2.70. The van der Waals surface area contributed by atoms with Gasteiger partial charge in [-0.05, 0) is 6.07 Å². The smallest absolute Gasteiger partial charge is 0.292 e. The molecule has 8 nitrogen and oxygen atoms in total. The lowest BCUT2D eigenvalue weighted by Gasteiger charge is -2.37. The third-order valence-electron chi connectivity index (χ3n) is 7.48. The maximum absolute atomic E-state index is 14.2. The lowest BCUT2D eigenvalue weighted by molar-refractivity contribution is -0.908. The molecule has 0 radical (unpaired) electrons. The van der Waals surface area contributed by atoms with Crippen LogP contribution in [0.1, 0.15) is 22.3 Å². The number of ketones is 2. The molecular weight excluding hydrogens is 458 g/mol. The van der Waals surface area contributed by atoms with E-state index in [2.05, 4.69) is 6.58 Å². The maximum atomic E-state index is 14.2. The molecule has 1 N–H and O–H groups in total. The van der Waals surface area contributed by atoms with Gasteiger partial charge in [0.1, 0.15) is 19.0 Å². The molecule has 1 spiro atoms. The molecule has 3 aliphatic heterocycles. The van der Waals surface area contributed by atoms with Crippen LogP contribution < -0.4 is 9.80 Å². The fraction of sp³-hybridized carbons (Fsp3) is 0.357. The first-order valence-corrected chi connectivity index (χ1v) is 12.4. The summed E-state index contributed by atoms with van der Waals surface area (Å²) in [6, 6.07) is 15.6. The minimum Gasteiger partial charge on any atom is -0.370 e. The van der Waals surface area contributed by atoms with Gasteiger partial charge in [0.15, 0.2) is 11.3 Å². The molecule has 2 atom stereocenters. The van der Waals surface area contributed by atoms with Crippen LogP contribution in [-0.4, -0.2) is 74.2 Å². The molecule has 186 valence electrons. The van der Waals surface area contributed by atoms with Crippen molar-refractivity contribution in [3.05, 3.63) is 78.4 Å². The van der Waals surface area contributed by atoms with Crippen molar-refractivity contribution in [1.29, 1.82) is 0 Å². The third-order valence-corrected chi connectivity index (χ3v) is 7.48. The zero-order valence-electron chi connectivity index (χ0n) is 20.2.